The predicted molar refractivity (Wildman–Crippen MR) is 105 cm³/mol. The number of anilines is 1. The zero-order valence-electron chi connectivity index (χ0n) is 14.8. The number of methoxy groups -OCH3 is 1. The van der Waals surface area contributed by atoms with Gasteiger partial charge in [0, 0.05) is 12.0 Å². The van der Waals surface area contributed by atoms with E-state index in [2.05, 4.69) is 51.7 Å². The molecule has 0 aliphatic heterocycles. The van der Waals surface area contributed by atoms with Crippen molar-refractivity contribution >= 4 is 34.4 Å². The van der Waals surface area contributed by atoms with E-state index in [1.807, 2.05) is 19.1 Å². The molecule has 0 saturated heterocycles. The van der Waals surface area contributed by atoms with Crippen LogP contribution in [0.15, 0.2) is 24.5 Å². The lowest BCUT2D eigenvalue weighted by Gasteiger charge is -2.16. The number of ether oxygens (including phenoxy) is 2. The summed E-state index contributed by atoms with van der Waals surface area (Å²) in [6.45, 7) is 6.13. The number of nitrogens with one attached hydrogen (secondary N) is 1. The molecular weight excluding hydrogens is 433 g/mol. The molecule has 25 heavy (non-hydrogen) atoms. The molecule has 0 aliphatic carbocycles. The molecule has 0 bridgehead atoms. The molecule has 1 N–H and O–H groups in total. The number of rotatable bonds is 7. The minimum atomic E-state index is -0.0945. The molecule has 134 valence electrons. The standard InChI is InChI=1S/C18H22IN3O3/c1-5-6-17(23)22-18-20-9-12(10-21-18)25-15-8-14(19)16(24-4)7-13(15)11(2)3/h7-11H,5-6H2,1-4H3,(H,20,21,22,23). The van der Waals surface area contributed by atoms with E-state index in [4.69, 9.17) is 9.47 Å². The van der Waals surface area contributed by atoms with Crippen molar-refractivity contribution < 1.29 is 14.3 Å². The van der Waals surface area contributed by atoms with Crippen LogP contribution in [0.25, 0.3) is 0 Å². The fourth-order valence-corrected chi connectivity index (χ4v) is 2.88. The number of aromatic nitrogens is 2. The second kappa shape index (κ2) is 8.98. The summed E-state index contributed by atoms with van der Waals surface area (Å²) in [5.74, 6) is 2.53. The summed E-state index contributed by atoms with van der Waals surface area (Å²) in [7, 11) is 1.65. The minimum absolute atomic E-state index is 0.0945. The van der Waals surface area contributed by atoms with Gasteiger partial charge in [-0.25, -0.2) is 9.97 Å². The van der Waals surface area contributed by atoms with Gasteiger partial charge in [-0.15, -0.1) is 0 Å². The fraction of sp³-hybridized carbons (Fsp3) is 0.389. The molecule has 1 aromatic heterocycles. The van der Waals surface area contributed by atoms with Crippen LogP contribution < -0.4 is 14.8 Å². The van der Waals surface area contributed by atoms with Gasteiger partial charge in [0.2, 0.25) is 11.9 Å². The van der Waals surface area contributed by atoms with Crippen molar-refractivity contribution in [3.05, 3.63) is 33.7 Å². The van der Waals surface area contributed by atoms with Crippen molar-refractivity contribution in [1.29, 1.82) is 0 Å². The largest absolute Gasteiger partial charge is 0.496 e. The first-order valence-electron chi connectivity index (χ1n) is 8.11. The van der Waals surface area contributed by atoms with Crippen LogP contribution in [0.1, 0.15) is 45.1 Å². The van der Waals surface area contributed by atoms with Crippen LogP contribution in [0, 0.1) is 3.57 Å². The van der Waals surface area contributed by atoms with E-state index in [0.29, 0.717) is 12.2 Å². The van der Waals surface area contributed by atoms with Crippen molar-refractivity contribution in [3.8, 4) is 17.2 Å². The van der Waals surface area contributed by atoms with Crippen LogP contribution in [0.3, 0.4) is 0 Å². The van der Waals surface area contributed by atoms with Crippen LogP contribution in [-0.4, -0.2) is 23.0 Å². The zero-order valence-corrected chi connectivity index (χ0v) is 17.0. The third-order valence-corrected chi connectivity index (χ3v) is 4.33. The summed E-state index contributed by atoms with van der Waals surface area (Å²) in [5.41, 5.74) is 1.04. The lowest BCUT2D eigenvalue weighted by molar-refractivity contribution is -0.116. The number of hydrogen-bond donors (Lipinski definition) is 1. The van der Waals surface area contributed by atoms with E-state index in [0.717, 1.165) is 27.1 Å². The van der Waals surface area contributed by atoms with Crippen LogP contribution in [0.4, 0.5) is 5.95 Å². The summed E-state index contributed by atoms with van der Waals surface area (Å²) in [6.07, 6.45) is 4.33. The van der Waals surface area contributed by atoms with Gasteiger partial charge in [-0.3, -0.25) is 10.1 Å². The number of carbonyl (C=O) groups excluding carboxylic acids is 1. The SMILES string of the molecule is CCCC(=O)Nc1ncc(Oc2cc(I)c(OC)cc2C(C)C)cn1. The van der Waals surface area contributed by atoms with Crippen molar-refractivity contribution in [3.63, 3.8) is 0 Å². The first-order chi connectivity index (χ1) is 11.9. The van der Waals surface area contributed by atoms with Crippen molar-refractivity contribution in [2.45, 2.75) is 39.5 Å². The van der Waals surface area contributed by atoms with E-state index in [9.17, 15) is 4.79 Å². The molecule has 0 aliphatic rings. The quantitative estimate of drug-likeness (QED) is 0.611. The topological polar surface area (TPSA) is 73.3 Å². The molecule has 0 unspecified atom stereocenters. The Balaban J connectivity index is 2.19. The molecule has 1 amide bonds. The van der Waals surface area contributed by atoms with E-state index in [-0.39, 0.29) is 17.8 Å². The monoisotopic (exact) mass is 455 g/mol. The Morgan fingerprint density at radius 3 is 2.48 bits per heavy atom. The van der Waals surface area contributed by atoms with Crippen LogP contribution in [0.2, 0.25) is 0 Å². The molecule has 2 aromatic rings. The average molecular weight is 455 g/mol. The van der Waals surface area contributed by atoms with Gasteiger partial charge in [-0.2, -0.15) is 0 Å². The summed E-state index contributed by atoms with van der Waals surface area (Å²) < 4.78 is 12.3. The summed E-state index contributed by atoms with van der Waals surface area (Å²) in [6, 6.07) is 3.92. The summed E-state index contributed by atoms with van der Waals surface area (Å²) in [5, 5.41) is 2.65. The normalized spacial score (nSPS) is 10.6. The van der Waals surface area contributed by atoms with Gasteiger partial charge in [0.1, 0.15) is 11.5 Å². The number of amides is 1. The maximum atomic E-state index is 11.6. The van der Waals surface area contributed by atoms with E-state index in [1.165, 1.54) is 0 Å². The van der Waals surface area contributed by atoms with Gasteiger partial charge >= 0.3 is 0 Å². The Hall–Kier alpha value is -1.90. The summed E-state index contributed by atoms with van der Waals surface area (Å²) >= 11 is 2.21. The lowest BCUT2D eigenvalue weighted by Crippen LogP contribution is -2.12. The fourth-order valence-electron chi connectivity index (χ4n) is 2.22. The number of carbonyl (C=O) groups is 1. The van der Waals surface area contributed by atoms with Crippen LogP contribution in [-0.2, 0) is 4.79 Å². The highest BCUT2D eigenvalue weighted by atomic mass is 127. The van der Waals surface area contributed by atoms with Gasteiger partial charge in [0.25, 0.3) is 0 Å². The Morgan fingerprint density at radius 1 is 1.24 bits per heavy atom. The molecule has 1 aromatic carbocycles. The minimum Gasteiger partial charge on any atom is -0.496 e. The third-order valence-electron chi connectivity index (χ3n) is 3.49. The maximum absolute atomic E-state index is 11.6. The van der Waals surface area contributed by atoms with Crippen LogP contribution in [0.5, 0.6) is 17.2 Å². The number of nitrogens with zero attached hydrogens (tertiary/aromatic N) is 2. The highest BCUT2D eigenvalue weighted by Crippen LogP contribution is 2.36. The molecule has 0 fully saturated rings. The second-order valence-electron chi connectivity index (χ2n) is 5.82. The highest BCUT2D eigenvalue weighted by molar-refractivity contribution is 14.1. The van der Waals surface area contributed by atoms with Gasteiger partial charge in [0.15, 0.2) is 5.75 Å². The Labute approximate surface area is 161 Å². The molecule has 0 saturated carbocycles. The molecule has 0 atom stereocenters. The Bertz CT molecular complexity index is 733. The molecule has 2 rings (SSSR count). The molecule has 7 heteroatoms. The molecule has 6 nitrogen and oxygen atoms in total. The second-order valence-corrected chi connectivity index (χ2v) is 6.98. The Morgan fingerprint density at radius 2 is 1.92 bits per heavy atom. The molecule has 0 radical (unpaired) electrons. The van der Waals surface area contributed by atoms with Crippen molar-refractivity contribution in [2.75, 3.05) is 12.4 Å². The summed E-state index contributed by atoms with van der Waals surface area (Å²) in [4.78, 5) is 19.8. The van der Waals surface area contributed by atoms with E-state index >= 15 is 0 Å². The lowest BCUT2D eigenvalue weighted by atomic mass is 10.0. The van der Waals surface area contributed by atoms with Gasteiger partial charge in [0.05, 0.1) is 23.1 Å². The zero-order chi connectivity index (χ0) is 18.4. The number of halogens is 1. The third kappa shape index (κ3) is 5.29. The highest BCUT2D eigenvalue weighted by Gasteiger charge is 2.14. The number of benzene rings is 1. The average Bonchev–Trinajstić information content (AvgIpc) is 2.57. The molecule has 1 heterocycles. The van der Waals surface area contributed by atoms with E-state index < -0.39 is 0 Å². The maximum Gasteiger partial charge on any atom is 0.229 e. The molecular formula is C18H22IN3O3. The first-order valence-corrected chi connectivity index (χ1v) is 9.19. The van der Waals surface area contributed by atoms with Gasteiger partial charge < -0.3 is 9.47 Å². The molecule has 0 spiro atoms. The Kier molecular flexibility index (Phi) is 6.98. The van der Waals surface area contributed by atoms with Gasteiger partial charge in [-0.05, 0) is 47.1 Å². The van der Waals surface area contributed by atoms with Gasteiger partial charge in [-0.1, -0.05) is 20.8 Å². The van der Waals surface area contributed by atoms with Crippen molar-refractivity contribution in [2.24, 2.45) is 0 Å². The van der Waals surface area contributed by atoms with Crippen LogP contribution >= 0.6 is 22.6 Å². The number of hydrogen-bond acceptors (Lipinski definition) is 5. The first kappa shape index (κ1) is 19.4. The predicted octanol–water partition coefficient (Wildman–Crippen LogP) is 4.74. The van der Waals surface area contributed by atoms with Crippen molar-refractivity contribution in [1.82, 2.24) is 9.97 Å². The van der Waals surface area contributed by atoms with E-state index in [1.54, 1.807) is 19.5 Å². The smallest absolute Gasteiger partial charge is 0.229 e.